The fourth-order valence-electron chi connectivity index (χ4n) is 6.05. The first kappa shape index (κ1) is 15.8. The molecule has 3 aliphatic rings. The first-order valence-corrected chi connectivity index (χ1v) is 9.04. The minimum atomic E-state index is -0.953. The minimum absolute atomic E-state index is 0.172. The molecular formula is C21H26O3. The Bertz CT molecular complexity index is 719. The van der Waals surface area contributed by atoms with Crippen molar-refractivity contribution in [2.75, 3.05) is 7.11 Å². The number of ether oxygens (including phenoxy) is 1. The highest BCUT2D eigenvalue weighted by molar-refractivity contribution is 5.52. The summed E-state index contributed by atoms with van der Waals surface area (Å²) in [5, 5.41) is 21.5. The van der Waals surface area contributed by atoms with Crippen LogP contribution in [-0.4, -0.2) is 22.9 Å². The zero-order valence-electron chi connectivity index (χ0n) is 14.5. The summed E-state index contributed by atoms with van der Waals surface area (Å²) in [6.45, 7) is 2.20. The van der Waals surface area contributed by atoms with E-state index in [1.807, 2.05) is 6.07 Å². The van der Waals surface area contributed by atoms with Crippen LogP contribution in [0.2, 0.25) is 0 Å². The van der Waals surface area contributed by atoms with Crippen molar-refractivity contribution in [2.24, 2.45) is 17.3 Å². The van der Waals surface area contributed by atoms with Crippen LogP contribution < -0.4 is 4.74 Å². The van der Waals surface area contributed by atoms with Gasteiger partial charge in [0.2, 0.25) is 0 Å². The number of fused-ring (bicyclic) bond motifs is 5. The fourth-order valence-corrected chi connectivity index (χ4v) is 6.05. The van der Waals surface area contributed by atoms with Crippen molar-refractivity contribution in [1.82, 2.24) is 0 Å². The first-order valence-electron chi connectivity index (χ1n) is 9.04. The van der Waals surface area contributed by atoms with Gasteiger partial charge < -0.3 is 14.9 Å². The summed E-state index contributed by atoms with van der Waals surface area (Å²) in [6.07, 6.45) is 11.3. The van der Waals surface area contributed by atoms with E-state index in [2.05, 4.69) is 18.9 Å². The normalized spacial score (nSPS) is 40.2. The van der Waals surface area contributed by atoms with Crippen LogP contribution in [-0.2, 0) is 6.42 Å². The highest BCUT2D eigenvalue weighted by atomic mass is 16.5. The monoisotopic (exact) mass is 326 g/mol. The van der Waals surface area contributed by atoms with Crippen molar-refractivity contribution in [3.8, 4) is 23.8 Å². The largest absolute Gasteiger partial charge is 0.504 e. The standard InChI is InChI=1S/C21H26O3/c1-4-21(23)12-10-17-15-5-6-16-13(7-8-18(24-3)19(16)22)14(15)9-11-20(17,21)2/h1,7-8,14-15,17,22-23H,5-6,9-12H2,2-3H3. The molecule has 0 radical (unpaired) electrons. The van der Waals surface area contributed by atoms with Crippen LogP contribution >= 0.6 is 0 Å². The number of benzene rings is 1. The topological polar surface area (TPSA) is 49.7 Å². The molecule has 0 aromatic heterocycles. The summed E-state index contributed by atoms with van der Waals surface area (Å²) < 4.78 is 5.27. The molecule has 1 aromatic carbocycles. The number of hydrogen-bond acceptors (Lipinski definition) is 3. The van der Waals surface area contributed by atoms with Gasteiger partial charge in [0, 0.05) is 11.0 Å². The molecule has 0 saturated heterocycles. The van der Waals surface area contributed by atoms with Gasteiger partial charge >= 0.3 is 0 Å². The molecule has 0 amide bonds. The quantitative estimate of drug-likeness (QED) is 0.775. The second kappa shape index (κ2) is 5.17. The van der Waals surface area contributed by atoms with Crippen molar-refractivity contribution in [1.29, 1.82) is 0 Å². The van der Waals surface area contributed by atoms with Gasteiger partial charge in [-0.2, -0.15) is 0 Å². The van der Waals surface area contributed by atoms with Crippen LogP contribution in [0, 0.1) is 29.6 Å². The molecule has 4 rings (SSSR count). The Labute approximate surface area is 144 Å². The van der Waals surface area contributed by atoms with E-state index in [1.54, 1.807) is 7.11 Å². The molecule has 5 atom stereocenters. The lowest BCUT2D eigenvalue weighted by atomic mass is 9.53. The highest BCUT2D eigenvalue weighted by Gasteiger charge is 2.61. The van der Waals surface area contributed by atoms with Crippen molar-refractivity contribution in [3.05, 3.63) is 23.3 Å². The number of phenols is 1. The average molecular weight is 326 g/mol. The summed E-state index contributed by atoms with van der Waals surface area (Å²) in [5.74, 6) is 5.07. The number of methoxy groups -OCH3 is 1. The summed E-state index contributed by atoms with van der Waals surface area (Å²) in [5.41, 5.74) is 1.21. The summed E-state index contributed by atoms with van der Waals surface area (Å²) in [4.78, 5) is 0. The van der Waals surface area contributed by atoms with Crippen LogP contribution in [0.3, 0.4) is 0 Å². The van der Waals surface area contributed by atoms with E-state index in [1.165, 1.54) is 5.56 Å². The SMILES string of the molecule is C#CC1(O)CCC2C3CCc4c(ccc(OC)c4O)C3CCC21C. The third-order valence-corrected chi connectivity index (χ3v) is 7.46. The zero-order chi connectivity index (χ0) is 17.1. The predicted molar refractivity (Wildman–Crippen MR) is 93.1 cm³/mol. The Kier molecular flexibility index (Phi) is 3.41. The summed E-state index contributed by atoms with van der Waals surface area (Å²) in [6, 6.07) is 4.02. The number of hydrogen-bond donors (Lipinski definition) is 2. The number of phenolic OH excluding ortho intramolecular Hbond substituents is 1. The third-order valence-electron chi connectivity index (χ3n) is 7.46. The van der Waals surface area contributed by atoms with Crippen molar-refractivity contribution in [2.45, 2.75) is 57.0 Å². The second-order valence-corrected chi connectivity index (χ2v) is 8.10. The lowest BCUT2D eigenvalue weighted by molar-refractivity contribution is -0.0647. The molecule has 3 nitrogen and oxygen atoms in total. The number of rotatable bonds is 1. The molecule has 3 heteroatoms. The van der Waals surface area contributed by atoms with Gasteiger partial charge in [0.15, 0.2) is 11.5 Å². The summed E-state index contributed by atoms with van der Waals surface area (Å²) >= 11 is 0. The van der Waals surface area contributed by atoms with E-state index in [0.29, 0.717) is 35.7 Å². The number of aliphatic hydroxyl groups is 1. The van der Waals surface area contributed by atoms with Gasteiger partial charge in [0.1, 0.15) is 5.60 Å². The molecule has 5 unspecified atom stereocenters. The Hall–Kier alpha value is -1.66. The van der Waals surface area contributed by atoms with Gasteiger partial charge in [-0.3, -0.25) is 0 Å². The molecule has 2 fully saturated rings. The van der Waals surface area contributed by atoms with E-state index < -0.39 is 5.60 Å². The van der Waals surface area contributed by atoms with E-state index in [9.17, 15) is 10.2 Å². The van der Waals surface area contributed by atoms with Gasteiger partial charge in [-0.05, 0) is 67.9 Å². The van der Waals surface area contributed by atoms with Gasteiger partial charge in [0.25, 0.3) is 0 Å². The van der Waals surface area contributed by atoms with E-state index >= 15 is 0 Å². The lowest BCUT2D eigenvalue weighted by Crippen LogP contribution is -2.50. The summed E-state index contributed by atoms with van der Waals surface area (Å²) in [7, 11) is 1.60. The first-order chi connectivity index (χ1) is 11.4. The molecule has 2 saturated carbocycles. The van der Waals surface area contributed by atoms with Crippen LogP contribution in [0.5, 0.6) is 11.5 Å². The predicted octanol–water partition coefficient (Wildman–Crippen LogP) is 3.62. The molecule has 3 aliphatic carbocycles. The van der Waals surface area contributed by atoms with Gasteiger partial charge in [-0.25, -0.2) is 0 Å². The van der Waals surface area contributed by atoms with Crippen LogP contribution in [0.25, 0.3) is 0 Å². The van der Waals surface area contributed by atoms with E-state index in [-0.39, 0.29) is 5.41 Å². The maximum Gasteiger partial charge on any atom is 0.161 e. The minimum Gasteiger partial charge on any atom is -0.504 e. The van der Waals surface area contributed by atoms with Crippen LogP contribution in [0.4, 0.5) is 0 Å². The molecule has 0 spiro atoms. The second-order valence-electron chi connectivity index (χ2n) is 8.10. The van der Waals surface area contributed by atoms with Crippen LogP contribution in [0.1, 0.15) is 56.1 Å². The van der Waals surface area contributed by atoms with Gasteiger partial charge in [-0.1, -0.05) is 18.9 Å². The Balaban J connectivity index is 1.73. The fraction of sp³-hybridized carbons (Fsp3) is 0.619. The third kappa shape index (κ3) is 1.84. The molecule has 0 aliphatic heterocycles. The van der Waals surface area contributed by atoms with Crippen LogP contribution in [0.15, 0.2) is 12.1 Å². The van der Waals surface area contributed by atoms with Gasteiger partial charge in [0.05, 0.1) is 7.11 Å². The maximum absolute atomic E-state index is 11.0. The van der Waals surface area contributed by atoms with Crippen molar-refractivity contribution >= 4 is 0 Å². The number of aromatic hydroxyl groups is 1. The van der Waals surface area contributed by atoms with Crippen molar-refractivity contribution < 1.29 is 14.9 Å². The maximum atomic E-state index is 11.0. The van der Waals surface area contributed by atoms with Crippen molar-refractivity contribution in [3.63, 3.8) is 0 Å². The van der Waals surface area contributed by atoms with E-state index in [0.717, 1.165) is 37.7 Å². The highest BCUT2D eigenvalue weighted by Crippen LogP contribution is 2.64. The molecule has 128 valence electrons. The molecule has 0 bridgehead atoms. The zero-order valence-corrected chi connectivity index (χ0v) is 14.5. The molecule has 24 heavy (non-hydrogen) atoms. The Morgan fingerprint density at radius 3 is 2.75 bits per heavy atom. The van der Waals surface area contributed by atoms with Gasteiger partial charge in [-0.15, -0.1) is 6.42 Å². The average Bonchev–Trinajstić information content (AvgIpc) is 2.87. The number of terminal acetylenes is 1. The Morgan fingerprint density at radius 1 is 1.25 bits per heavy atom. The Morgan fingerprint density at radius 2 is 2.04 bits per heavy atom. The smallest absolute Gasteiger partial charge is 0.161 e. The molecular weight excluding hydrogens is 300 g/mol. The molecule has 0 heterocycles. The molecule has 1 aromatic rings. The lowest BCUT2D eigenvalue weighted by Gasteiger charge is -2.52. The van der Waals surface area contributed by atoms with E-state index in [4.69, 9.17) is 11.2 Å². The molecule has 2 N–H and O–H groups in total.